The van der Waals surface area contributed by atoms with Gasteiger partial charge in [0.05, 0.1) is 0 Å². The van der Waals surface area contributed by atoms with Gasteiger partial charge in [-0.05, 0) is 55.9 Å². The summed E-state index contributed by atoms with van der Waals surface area (Å²) in [5.74, 6) is 1.32. The van der Waals surface area contributed by atoms with E-state index in [9.17, 15) is 4.79 Å². The lowest BCUT2D eigenvalue weighted by Gasteiger charge is -2.34. The molecule has 0 bridgehead atoms. The van der Waals surface area contributed by atoms with Crippen molar-refractivity contribution in [3.8, 4) is 0 Å². The van der Waals surface area contributed by atoms with E-state index in [1.807, 2.05) is 25.1 Å². The monoisotopic (exact) mass is 288 g/mol. The third-order valence-electron chi connectivity index (χ3n) is 4.88. The highest BCUT2D eigenvalue weighted by Gasteiger charge is 2.28. The lowest BCUT2D eigenvalue weighted by Crippen LogP contribution is -2.43. The van der Waals surface area contributed by atoms with Gasteiger partial charge in [0.25, 0.3) is 5.91 Å². The fraction of sp³-hybridized carbons (Fsp3) is 0.611. The molecule has 0 spiro atoms. The maximum atomic E-state index is 12.5. The number of hydrogen-bond donors (Lipinski definition) is 2. The molecule has 1 saturated carbocycles. The van der Waals surface area contributed by atoms with Gasteiger partial charge in [0, 0.05) is 23.8 Å². The molecule has 1 fully saturated rings. The highest BCUT2D eigenvalue weighted by Crippen LogP contribution is 2.29. The number of aryl methyl sites for hydroxylation is 1. The summed E-state index contributed by atoms with van der Waals surface area (Å²) in [6.07, 6.45) is 3.60. The third kappa shape index (κ3) is 3.78. The second kappa shape index (κ2) is 6.97. The Balaban J connectivity index is 2.04. The van der Waals surface area contributed by atoms with Gasteiger partial charge in [-0.3, -0.25) is 4.79 Å². The molecule has 0 aliphatic heterocycles. The second-order valence-electron chi connectivity index (χ2n) is 6.41. The molecule has 1 aromatic carbocycles. The lowest BCUT2D eigenvalue weighted by molar-refractivity contribution is 0.0891. The number of carbonyl (C=O) groups excluding carboxylic acids is 1. The number of amides is 1. The Kier molecular flexibility index (Phi) is 5.27. The minimum atomic E-state index is 0.0621. The Morgan fingerprint density at radius 1 is 1.29 bits per heavy atom. The van der Waals surface area contributed by atoms with E-state index in [-0.39, 0.29) is 5.91 Å². The molecule has 1 amide bonds. The van der Waals surface area contributed by atoms with Crippen molar-refractivity contribution in [1.29, 1.82) is 0 Å². The van der Waals surface area contributed by atoms with Gasteiger partial charge in [0.15, 0.2) is 0 Å². The maximum absolute atomic E-state index is 12.5. The Bertz CT molecular complexity index is 498. The van der Waals surface area contributed by atoms with E-state index >= 15 is 0 Å². The summed E-state index contributed by atoms with van der Waals surface area (Å²) >= 11 is 0. The smallest absolute Gasteiger partial charge is 0.251 e. The molecule has 0 heterocycles. The normalized spacial score (nSPS) is 25.4. The molecular weight excluding hydrogens is 260 g/mol. The van der Waals surface area contributed by atoms with Crippen molar-refractivity contribution < 1.29 is 4.79 Å². The molecule has 2 rings (SSSR count). The first-order valence-electron chi connectivity index (χ1n) is 8.18. The minimum absolute atomic E-state index is 0.0621. The first-order chi connectivity index (χ1) is 10.0. The van der Waals surface area contributed by atoms with Gasteiger partial charge >= 0.3 is 0 Å². The van der Waals surface area contributed by atoms with Gasteiger partial charge in [-0.2, -0.15) is 0 Å². The van der Waals surface area contributed by atoms with Crippen LogP contribution in [0.1, 0.15) is 56.0 Å². The summed E-state index contributed by atoms with van der Waals surface area (Å²) in [5.41, 5.74) is 2.99. The maximum Gasteiger partial charge on any atom is 0.251 e. The number of anilines is 1. The molecule has 0 radical (unpaired) electrons. The van der Waals surface area contributed by atoms with Crippen molar-refractivity contribution in [2.45, 2.75) is 53.0 Å². The van der Waals surface area contributed by atoms with Crippen LogP contribution in [0.5, 0.6) is 0 Å². The largest absolute Gasteiger partial charge is 0.385 e. The molecule has 3 unspecified atom stereocenters. The van der Waals surface area contributed by atoms with Gasteiger partial charge in [-0.1, -0.05) is 26.7 Å². The first kappa shape index (κ1) is 15.9. The molecule has 2 N–H and O–H groups in total. The van der Waals surface area contributed by atoms with Crippen LogP contribution >= 0.6 is 0 Å². The van der Waals surface area contributed by atoms with Gasteiger partial charge < -0.3 is 10.6 Å². The quantitative estimate of drug-likeness (QED) is 0.880. The Labute approximate surface area is 128 Å². The molecule has 1 aliphatic rings. The SMILES string of the molecule is CCNc1ccc(C(=O)NC2CCCC(C)C2C)cc1C. The molecule has 1 aromatic rings. The van der Waals surface area contributed by atoms with Crippen molar-refractivity contribution in [3.63, 3.8) is 0 Å². The standard InChI is InChI=1S/C18H28N2O/c1-5-19-16-10-9-15(11-13(16)3)18(21)20-17-8-6-7-12(2)14(17)4/h9-12,14,17,19H,5-8H2,1-4H3,(H,20,21). The topological polar surface area (TPSA) is 41.1 Å². The second-order valence-corrected chi connectivity index (χ2v) is 6.41. The molecule has 0 saturated heterocycles. The average Bonchev–Trinajstić information content (AvgIpc) is 2.46. The van der Waals surface area contributed by atoms with Gasteiger partial charge in [-0.15, -0.1) is 0 Å². The van der Waals surface area contributed by atoms with Crippen molar-refractivity contribution >= 4 is 11.6 Å². The molecule has 21 heavy (non-hydrogen) atoms. The Hall–Kier alpha value is -1.51. The summed E-state index contributed by atoms with van der Waals surface area (Å²) in [6.45, 7) is 9.56. The van der Waals surface area contributed by atoms with Gasteiger partial charge in [0.2, 0.25) is 0 Å². The third-order valence-corrected chi connectivity index (χ3v) is 4.88. The van der Waals surface area contributed by atoms with Crippen LogP contribution in [0.2, 0.25) is 0 Å². The molecule has 116 valence electrons. The predicted octanol–water partition coefficient (Wildman–Crippen LogP) is 3.98. The van der Waals surface area contributed by atoms with Crippen LogP contribution in [0.25, 0.3) is 0 Å². The van der Waals surface area contributed by atoms with Gasteiger partial charge in [0.1, 0.15) is 0 Å². The van der Waals surface area contributed by atoms with Crippen LogP contribution in [-0.2, 0) is 0 Å². The van der Waals surface area contributed by atoms with E-state index in [0.29, 0.717) is 17.9 Å². The zero-order valence-corrected chi connectivity index (χ0v) is 13.7. The number of nitrogens with one attached hydrogen (secondary N) is 2. The zero-order valence-electron chi connectivity index (χ0n) is 13.7. The fourth-order valence-corrected chi connectivity index (χ4v) is 3.23. The predicted molar refractivity (Wildman–Crippen MR) is 88.8 cm³/mol. The molecule has 1 aliphatic carbocycles. The van der Waals surface area contributed by atoms with E-state index < -0.39 is 0 Å². The molecule has 3 atom stereocenters. The van der Waals surface area contributed by atoms with Gasteiger partial charge in [-0.25, -0.2) is 0 Å². The van der Waals surface area contributed by atoms with Crippen molar-refractivity contribution in [2.24, 2.45) is 11.8 Å². The summed E-state index contributed by atoms with van der Waals surface area (Å²) < 4.78 is 0. The fourth-order valence-electron chi connectivity index (χ4n) is 3.23. The molecule has 0 aromatic heterocycles. The van der Waals surface area contributed by atoms with E-state index in [4.69, 9.17) is 0 Å². The van der Waals surface area contributed by atoms with E-state index in [1.165, 1.54) is 12.8 Å². The number of carbonyl (C=O) groups is 1. The number of hydrogen-bond acceptors (Lipinski definition) is 2. The summed E-state index contributed by atoms with van der Waals surface area (Å²) in [4.78, 5) is 12.5. The number of benzene rings is 1. The minimum Gasteiger partial charge on any atom is -0.385 e. The highest BCUT2D eigenvalue weighted by molar-refractivity contribution is 5.95. The van der Waals surface area contributed by atoms with Crippen LogP contribution in [-0.4, -0.2) is 18.5 Å². The van der Waals surface area contributed by atoms with E-state index in [0.717, 1.165) is 29.8 Å². The lowest BCUT2D eigenvalue weighted by atomic mass is 9.78. The summed E-state index contributed by atoms with van der Waals surface area (Å²) in [5, 5.41) is 6.54. The molecular formula is C18H28N2O. The zero-order chi connectivity index (χ0) is 15.4. The van der Waals surface area contributed by atoms with E-state index in [1.54, 1.807) is 0 Å². The van der Waals surface area contributed by atoms with Crippen LogP contribution in [0.3, 0.4) is 0 Å². The van der Waals surface area contributed by atoms with E-state index in [2.05, 4.69) is 31.4 Å². The Morgan fingerprint density at radius 3 is 2.71 bits per heavy atom. The Morgan fingerprint density at radius 2 is 2.05 bits per heavy atom. The summed E-state index contributed by atoms with van der Waals surface area (Å²) in [7, 11) is 0. The summed E-state index contributed by atoms with van der Waals surface area (Å²) in [6, 6.07) is 6.21. The van der Waals surface area contributed by atoms with Crippen LogP contribution in [0.4, 0.5) is 5.69 Å². The molecule has 3 heteroatoms. The van der Waals surface area contributed by atoms with Crippen LogP contribution in [0.15, 0.2) is 18.2 Å². The molecule has 3 nitrogen and oxygen atoms in total. The first-order valence-corrected chi connectivity index (χ1v) is 8.18. The van der Waals surface area contributed by atoms with Crippen LogP contribution < -0.4 is 10.6 Å². The van der Waals surface area contributed by atoms with Crippen molar-refractivity contribution in [2.75, 3.05) is 11.9 Å². The average molecular weight is 288 g/mol. The van der Waals surface area contributed by atoms with Crippen molar-refractivity contribution in [3.05, 3.63) is 29.3 Å². The van der Waals surface area contributed by atoms with Crippen molar-refractivity contribution in [1.82, 2.24) is 5.32 Å². The number of rotatable bonds is 4. The van der Waals surface area contributed by atoms with Crippen LogP contribution in [0, 0.1) is 18.8 Å². The highest BCUT2D eigenvalue weighted by atomic mass is 16.1.